The molecule has 1 aliphatic rings. The standard InChI is InChI=1S/C26H26ClN5O2/c1-3-32-22(18-12-16(27)8-9-23(18)34-2)13-29-24(32)15-31-11-10-21-19(14-31)25(26(28)33)17-6-4-5-7-20(17)30-21/h4-9,12-13H,3,10-11,14-15H2,1-2H3,(H2,28,33). The van der Waals surface area contributed by atoms with Crippen LogP contribution in [0, 0.1) is 0 Å². The number of fused-ring (bicyclic) bond motifs is 2. The quantitative estimate of drug-likeness (QED) is 0.445. The van der Waals surface area contributed by atoms with Gasteiger partial charge in [0.25, 0.3) is 0 Å². The number of amides is 1. The number of primary amides is 1. The van der Waals surface area contributed by atoms with E-state index < -0.39 is 5.91 Å². The fraction of sp³-hybridized carbons (Fsp3) is 0.269. The van der Waals surface area contributed by atoms with Crippen LogP contribution in [0.5, 0.6) is 5.75 Å². The number of carbonyl (C=O) groups excluding carboxylic acids is 1. The van der Waals surface area contributed by atoms with Crippen LogP contribution in [0.25, 0.3) is 22.2 Å². The Labute approximate surface area is 203 Å². The van der Waals surface area contributed by atoms with Crippen LogP contribution < -0.4 is 10.5 Å². The Morgan fingerprint density at radius 2 is 2.06 bits per heavy atom. The molecule has 3 heterocycles. The van der Waals surface area contributed by atoms with Gasteiger partial charge in [-0.05, 0) is 31.2 Å². The SMILES string of the molecule is CCn1c(-c2cc(Cl)ccc2OC)cnc1CN1CCc2nc3ccccc3c(C(N)=O)c2C1. The van der Waals surface area contributed by atoms with Crippen LogP contribution in [0.4, 0.5) is 0 Å². The monoisotopic (exact) mass is 475 g/mol. The third kappa shape index (κ3) is 3.91. The Morgan fingerprint density at radius 1 is 1.24 bits per heavy atom. The lowest BCUT2D eigenvalue weighted by Gasteiger charge is -2.29. The lowest BCUT2D eigenvalue weighted by molar-refractivity contribution is 0.0998. The van der Waals surface area contributed by atoms with E-state index in [1.807, 2.05) is 48.7 Å². The molecule has 0 aliphatic carbocycles. The van der Waals surface area contributed by atoms with Crippen molar-refractivity contribution < 1.29 is 9.53 Å². The van der Waals surface area contributed by atoms with Crippen LogP contribution in [0.2, 0.25) is 5.02 Å². The minimum Gasteiger partial charge on any atom is -0.496 e. The second kappa shape index (κ2) is 9.08. The van der Waals surface area contributed by atoms with Gasteiger partial charge >= 0.3 is 0 Å². The van der Waals surface area contributed by atoms with Crippen LogP contribution in [0.3, 0.4) is 0 Å². The molecule has 8 heteroatoms. The van der Waals surface area contributed by atoms with Gasteiger partial charge in [-0.25, -0.2) is 4.98 Å². The summed E-state index contributed by atoms with van der Waals surface area (Å²) < 4.78 is 7.74. The Hall–Kier alpha value is -3.42. The number of ether oxygens (including phenoxy) is 1. The molecule has 0 unspecified atom stereocenters. The summed E-state index contributed by atoms with van der Waals surface area (Å²) in [7, 11) is 1.65. The summed E-state index contributed by atoms with van der Waals surface area (Å²) in [6.45, 7) is 4.91. The van der Waals surface area contributed by atoms with Gasteiger partial charge in [0.2, 0.25) is 5.91 Å². The van der Waals surface area contributed by atoms with Gasteiger partial charge in [-0.3, -0.25) is 14.7 Å². The molecule has 1 aliphatic heterocycles. The Bertz CT molecular complexity index is 1400. The highest BCUT2D eigenvalue weighted by atomic mass is 35.5. The van der Waals surface area contributed by atoms with Gasteiger partial charge in [0.15, 0.2) is 0 Å². The third-order valence-corrected chi connectivity index (χ3v) is 6.66. The number of benzene rings is 2. The molecule has 2 aromatic carbocycles. The average molecular weight is 476 g/mol. The third-order valence-electron chi connectivity index (χ3n) is 6.43. The van der Waals surface area contributed by atoms with Crippen molar-refractivity contribution in [1.82, 2.24) is 19.4 Å². The van der Waals surface area contributed by atoms with E-state index in [0.717, 1.165) is 64.5 Å². The van der Waals surface area contributed by atoms with E-state index in [9.17, 15) is 4.79 Å². The summed E-state index contributed by atoms with van der Waals surface area (Å²) in [5.74, 6) is 1.28. The number of nitrogens with two attached hydrogens (primary N) is 1. The Morgan fingerprint density at radius 3 is 2.82 bits per heavy atom. The second-order valence-corrected chi connectivity index (χ2v) is 8.84. The molecule has 5 rings (SSSR count). The van der Waals surface area contributed by atoms with Crippen molar-refractivity contribution >= 4 is 28.4 Å². The zero-order valence-electron chi connectivity index (χ0n) is 19.2. The number of imidazole rings is 1. The molecular formula is C26H26ClN5O2. The van der Waals surface area contributed by atoms with E-state index in [1.165, 1.54) is 0 Å². The van der Waals surface area contributed by atoms with E-state index in [2.05, 4.69) is 16.4 Å². The van der Waals surface area contributed by atoms with Gasteiger partial charge < -0.3 is 15.0 Å². The van der Waals surface area contributed by atoms with Gasteiger partial charge in [0.1, 0.15) is 11.6 Å². The first-order valence-corrected chi connectivity index (χ1v) is 11.7. The number of aromatic nitrogens is 3. The molecule has 2 N–H and O–H groups in total. The van der Waals surface area contributed by atoms with E-state index in [1.54, 1.807) is 7.11 Å². The molecule has 0 radical (unpaired) electrons. The Balaban J connectivity index is 1.49. The minimum absolute atomic E-state index is 0.415. The van der Waals surface area contributed by atoms with Crippen LogP contribution in [-0.2, 0) is 26.1 Å². The van der Waals surface area contributed by atoms with E-state index in [4.69, 9.17) is 32.0 Å². The lowest BCUT2D eigenvalue weighted by atomic mass is 9.95. The number of rotatable bonds is 6. The molecule has 0 saturated heterocycles. The smallest absolute Gasteiger partial charge is 0.249 e. The zero-order valence-corrected chi connectivity index (χ0v) is 20.0. The highest BCUT2D eigenvalue weighted by Gasteiger charge is 2.26. The van der Waals surface area contributed by atoms with Crippen molar-refractivity contribution in [1.29, 1.82) is 0 Å². The minimum atomic E-state index is -0.415. The normalized spacial score (nSPS) is 13.7. The lowest BCUT2D eigenvalue weighted by Crippen LogP contribution is -2.33. The predicted molar refractivity (Wildman–Crippen MR) is 133 cm³/mol. The molecule has 4 aromatic rings. The maximum absolute atomic E-state index is 12.4. The second-order valence-electron chi connectivity index (χ2n) is 8.40. The summed E-state index contributed by atoms with van der Waals surface area (Å²) in [6.07, 6.45) is 2.62. The number of hydrogen-bond donors (Lipinski definition) is 1. The molecule has 0 bridgehead atoms. The predicted octanol–water partition coefficient (Wildman–Crippen LogP) is 4.44. The van der Waals surface area contributed by atoms with Crippen molar-refractivity contribution in [3.05, 3.63) is 76.3 Å². The molecule has 0 spiro atoms. The van der Waals surface area contributed by atoms with Crippen molar-refractivity contribution in [2.45, 2.75) is 33.0 Å². The highest BCUT2D eigenvalue weighted by Crippen LogP contribution is 2.34. The van der Waals surface area contributed by atoms with Gasteiger partial charge in [-0.15, -0.1) is 0 Å². The van der Waals surface area contributed by atoms with Crippen LogP contribution in [0.1, 0.15) is 34.4 Å². The topological polar surface area (TPSA) is 86.3 Å². The molecule has 7 nitrogen and oxygen atoms in total. The first kappa shape index (κ1) is 22.4. The molecule has 0 atom stereocenters. The summed E-state index contributed by atoms with van der Waals surface area (Å²) in [4.78, 5) is 24.3. The number of carbonyl (C=O) groups is 1. The van der Waals surface area contributed by atoms with Crippen molar-refractivity contribution in [2.24, 2.45) is 5.73 Å². The number of methoxy groups -OCH3 is 1. The number of hydrogen-bond acceptors (Lipinski definition) is 5. The molecule has 0 fully saturated rings. The first-order chi connectivity index (χ1) is 16.5. The summed E-state index contributed by atoms with van der Waals surface area (Å²) in [5.41, 5.74) is 11.0. The number of pyridine rings is 1. The molecule has 174 valence electrons. The van der Waals surface area contributed by atoms with Gasteiger partial charge in [-0.1, -0.05) is 29.8 Å². The van der Waals surface area contributed by atoms with Crippen molar-refractivity contribution in [3.63, 3.8) is 0 Å². The fourth-order valence-corrected chi connectivity index (χ4v) is 5.02. The molecule has 2 aromatic heterocycles. The fourth-order valence-electron chi connectivity index (χ4n) is 4.85. The largest absolute Gasteiger partial charge is 0.496 e. The molecule has 1 amide bonds. The van der Waals surface area contributed by atoms with Crippen LogP contribution >= 0.6 is 11.6 Å². The molecular weight excluding hydrogens is 450 g/mol. The van der Waals surface area contributed by atoms with E-state index in [0.29, 0.717) is 23.7 Å². The maximum Gasteiger partial charge on any atom is 0.249 e. The maximum atomic E-state index is 12.4. The first-order valence-electron chi connectivity index (χ1n) is 11.3. The number of nitrogens with zero attached hydrogens (tertiary/aromatic N) is 4. The molecule has 34 heavy (non-hydrogen) atoms. The van der Waals surface area contributed by atoms with Gasteiger partial charge in [-0.2, -0.15) is 0 Å². The average Bonchev–Trinajstić information content (AvgIpc) is 3.24. The summed E-state index contributed by atoms with van der Waals surface area (Å²) in [6, 6.07) is 13.3. The number of para-hydroxylation sites is 1. The summed E-state index contributed by atoms with van der Waals surface area (Å²) >= 11 is 6.27. The Kier molecular flexibility index (Phi) is 5.98. The number of halogens is 1. The summed E-state index contributed by atoms with van der Waals surface area (Å²) in [5, 5.41) is 1.45. The van der Waals surface area contributed by atoms with Crippen LogP contribution in [0.15, 0.2) is 48.7 Å². The molecule has 0 saturated carbocycles. The highest BCUT2D eigenvalue weighted by molar-refractivity contribution is 6.31. The van der Waals surface area contributed by atoms with Crippen molar-refractivity contribution in [2.75, 3.05) is 13.7 Å². The van der Waals surface area contributed by atoms with Crippen molar-refractivity contribution in [3.8, 4) is 17.0 Å². The van der Waals surface area contributed by atoms with Crippen LogP contribution in [-0.4, -0.2) is 39.0 Å². The van der Waals surface area contributed by atoms with Gasteiger partial charge in [0, 0.05) is 53.3 Å². The van der Waals surface area contributed by atoms with E-state index in [-0.39, 0.29) is 0 Å². The van der Waals surface area contributed by atoms with E-state index >= 15 is 0 Å². The zero-order chi connectivity index (χ0) is 23.8. The van der Waals surface area contributed by atoms with Gasteiger partial charge in [0.05, 0.1) is 36.6 Å².